The lowest BCUT2D eigenvalue weighted by atomic mass is 10.0. The topological polar surface area (TPSA) is 141 Å². The molecule has 1 aliphatic carbocycles. The maximum atomic E-state index is 13.2. The number of carbonyl (C=O) groups excluding carboxylic acids is 2. The van der Waals surface area contributed by atoms with E-state index in [9.17, 15) is 32.3 Å². The molecule has 3 aromatic rings. The first-order chi connectivity index (χ1) is 21.4. The molecule has 1 aromatic heterocycles. The molecular weight excluding hydrogens is 661 g/mol. The smallest absolute Gasteiger partial charge is 0.387 e. The van der Waals surface area contributed by atoms with E-state index in [4.69, 9.17) is 37.4 Å². The van der Waals surface area contributed by atoms with Crippen molar-refractivity contribution in [2.45, 2.75) is 38.5 Å². The van der Waals surface area contributed by atoms with Crippen LogP contribution in [0.2, 0.25) is 10.0 Å². The third-order valence-corrected chi connectivity index (χ3v) is 8.06. The minimum absolute atomic E-state index is 0.0230. The van der Waals surface area contributed by atoms with Gasteiger partial charge in [0, 0.05) is 29.8 Å². The predicted molar refractivity (Wildman–Crippen MR) is 156 cm³/mol. The van der Waals surface area contributed by atoms with Crippen LogP contribution in [0.1, 0.15) is 46.0 Å². The number of benzene rings is 2. The van der Waals surface area contributed by atoms with Crippen molar-refractivity contribution in [1.29, 1.82) is 0 Å². The fourth-order valence-corrected chi connectivity index (χ4v) is 5.37. The van der Waals surface area contributed by atoms with Gasteiger partial charge in [-0.1, -0.05) is 47.5 Å². The van der Waals surface area contributed by atoms with Gasteiger partial charge in [-0.25, -0.2) is 9.10 Å². The van der Waals surface area contributed by atoms with Crippen molar-refractivity contribution >= 4 is 46.4 Å². The van der Waals surface area contributed by atoms with Gasteiger partial charge in [-0.15, -0.1) is 0 Å². The Morgan fingerprint density at radius 2 is 1.80 bits per heavy atom. The Morgan fingerprint density at radius 3 is 2.42 bits per heavy atom. The zero-order chi connectivity index (χ0) is 32.7. The van der Waals surface area contributed by atoms with Gasteiger partial charge < -0.3 is 28.7 Å². The molecule has 0 aliphatic heterocycles. The van der Waals surface area contributed by atoms with Gasteiger partial charge in [0.2, 0.25) is 0 Å². The van der Waals surface area contributed by atoms with Crippen molar-refractivity contribution in [3.05, 3.63) is 92.4 Å². The zero-order valence-corrected chi connectivity index (χ0v) is 26.0. The van der Waals surface area contributed by atoms with E-state index in [-0.39, 0.29) is 69.3 Å². The van der Waals surface area contributed by atoms with Crippen LogP contribution in [-0.2, 0) is 38.5 Å². The second kappa shape index (κ2) is 15.6. The summed E-state index contributed by atoms with van der Waals surface area (Å²) in [6, 6.07) is 10.1. The van der Waals surface area contributed by atoms with Crippen LogP contribution >= 0.6 is 23.2 Å². The minimum Gasteiger partial charge on any atom is -0.760 e. The van der Waals surface area contributed by atoms with Crippen LogP contribution in [-0.4, -0.2) is 51.9 Å². The molecule has 0 radical (unpaired) electrons. The fourth-order valence-electron chi connectivity index (χ4n) is 4.32. The predicted octanol–water partition coefficient (Wildman–Crippen LogP) is 4.93. The van der Waals surface area contributed by atoms with E-state index in [0.29, 0.717) is 4.73 Å². The first-order valence-corrected chi connectivity index (χ1v) is 15.2. The Kier molecular flexibility index (Phi) is 11.9. The molecule has 1 aliphatic rings. The van der Waals surface area contributed by atoms with E-state index < -0.39 is 42.5 Å². The van der Waals surface area contributed by atoms with Crippen molar-refractivity contribution in [2.75, 3.05) is 20.3 Å². The molecule has 1 saturated carbocycles. The third-order valence-electron chi connectivity index (χ3n) is 6.73. The minimum atomic E-state index is -3.13. The lowest BCUT2D eigenvalue weighted by Crippen LogP contribution is -2.33. The summed E-state index contributed by atoms with van der Waals surface area (Å²) in [6.07, 6.45) is 2.56. The lowest BCUT2D eigenvalue weighted by molar-refractivity contribution is -0.605. The molecule has 2 unspecified atom stereocenters. The molecule has 0 bridgehead atoms. The van der Waals surface area contributed by atoms with Gasteiger partial charge in [-0.3, -0.25) is 9.00 Å². The summed E-state index contributed by atoms with van der Waals surface area (Å²) < 4.78 is 72.4. The van der Waals surface area contributed by atoms with Crippen molar-refractivity contribution in [2.24, 2.45) is 5.92 Å². The van der Waals surface area contributed by atoms with Gasteiger partial charge >= 0.3 is 18.6 Å². The Labute approximate surface area is 269 Å². The Morgan fingerprint density at radius 1 is 1.11 bits per heavy atom. The summed E-state index contributed by atoms with van der Waals surface area (Å²) >= 11 is 9.62. The molecule has 242 valence electrons. The SMILES string of the molecule is COC(=O)c1ccccc1CN(CC(=O)OC(Cc1c(Cl)c[n+]([O-])cc1Cl)c1ccc(OC(F)F)c(OCC2CC2)c1)S(=O)[O-]. The summed E-state index contributed by atoms with van der Waals surface area (Å²) in [5, 5.41) is 11.7. The quantitative estimate of drug-likeness (QED) is 0.0941. The number of methoxy groups -OCH3 is 1. The van der Waals surface area contributed by atoms with Gasteiger partial charge in [-0.05, 0) is 48.1 Å². The molecule has 2 atom stereocenters. The standard InChI is InChI=1S/C29H28Cl2F2N2O9S/c1-41-28(37)20-5-3-2-4-19(20)12-35(45(39)40)15-27(36)43-25(11-21-22(30)13-34(38)14-23(21)31)18-8-9-24(44-29(32)33)26(10-18)42-16-17-6-7-17/h2-5,8-10,13-14,17,25,29H,6-7,11-12,15-16H2,1H3,(H,39,40)/p-1. The summed E-state index contributed by atoms with van der Waals surface area (Å²) in [4.78, 5) is 25.4. The second-order valence-electron chi connectivity index (χ2n) is 9.98. The van der Waals surface area contributed by atoms with Gasteiger partial charge in [0.15, 0.2) is 23.9 Å². The van der Waals surface area contributed by atoms with Crippen molar-refractivity contribution in [3.63, 3.8) is 0 Å². The van der Waals surface area contributed by atoms with E-state index in [1.807, 2.05) is 0 Å². The van der Waals surface area contributed by atoms with Crippen LogP contribution in [0.25, 0.3) is 0 Å². The van der Waals surface area contributed by atoms with Crippen LogP contribution in [0, 0.1) is 11.1 Å². The maximum absolute atomic E-state index is 13.2. The number of esters is 2. The number of rotatable bonds is 15. The monoisotopic (exact) mass is 687 g/mol. The van der Waals surface area contributed by atoms with Gasteiger partial charge in [0.05, 0.1) is 19.3 Å². The molecule has 1 fully saturated rings. The Balaban J connectivity index is 1.63. The summed E-state index contributed by atoms with van der Waals surface area (Å²) in [7, 11) is 1.18. The highest BCUT2D eigenvalue weighted by molar-refractivity contribution is 7.76. The number of hydrogen-bond acceptors (Lipinski definition) is 9. The Bertz CT molecular complexity index is 1540. The number of hydrogen-bond donors (Lipinski definition) is 0. The van der Waals surface area contributed by atoms with E-state index in [1.54, 1.807) is 12.1 Å². The number of ether oxygens (including phenoxy) is 4. The molecule has 16 heteroatoms. The lowest BCUT2D eigenvalue weighted by Gasteiger charge is -2.26. The van der Waals surface area contributed by atoms with Crippen molar-refractivity contribution in [1.82, 2.24) is 4.31 Å². The van der Waals surface area contributed by atoms with Crippen LogP contribution in [0.15, 0.2) is 54.9 Å². The largest absolute Gasteiger partial charge is 0.760 e. The maximum Gasteiger partial charge on any atom is 0.387 e. The van der Waals surface area contributed by atoms with Gasteiger partial charge in [0.25, 0.3) is 0 Å². The normalized spacial score (nSPS) is 14.2. The number of alkyl halides is 2. The molecular formula is C29H27Cl2F2N2O9S-. The first-order valence-electron chi connectivity index (χ1n) is 13.4. The van der Waals surface area contributed by atoms with Crippen molar-refractivity contribution < 1.29 is 50.8 Å². The van der Waals surface area contributed by atoms with Gasteiger partial charge in [0.1, 0.15) is 22.7 Å². The summed E-state index contributed by atoms with van der Waals surface area (Å²) in [5.41, 5.74) is 0.870. The van der Waals surface area contributed by atoms with Crippen molar-refractivity contribution in [3.8, 4) is 11.5 Å². The summed E-state index contributed by atoms with van der Waals surface area (Å²) in [5.74, 6) is -1.69. The van der Waals surface area contributed by atoms with Crippen LogP contribution in [0.4, 0.5) is 8.78 Å². The molecule has 0 amide bonds. The second-order valence-corrected chi connectivity index (χ2v) is 11.7. The Hall–Kier alpha value is -3.56. The van der Waals surface area contributed by atoms with E-state index in [1.165, 1.54) is 37.4 Å². The average molecular weight is 689 g/mol. The van der Waals surface area contributed by atoms with E-state index in [2.05, 4.69) is 4.74 Å². The van der Waals surface area contributed by atoms with Crippen LogP contribution < -0.4 is 14.2 Å². The highest BCUT2D eigenvalue weighted by atomic mass is 35.5. The average Bonchev–Trinajstić information content (AvgIpc) is 3.81. The van der Waals surface area contributed by atoms with E-state index in [0.717, 1.165) is 29.5 Å². The third kappa shape index (κ3) is 9.71. The molecule has 0 N–H and O–H groups in total. The highest BCUT2D eigenvalue weighted by Crippen LogP contribution is 2.38. The molecule has 0 saturated heterocycles. The number of pyridine rings is 1. The number of aromatic nitrogens is 1. The fraction of sp³-hybridized carbons (Fsp3) is 0.345. The molecule has 0 spiro atoms. The van der Waals surface area contributed by atoms with E-state index >= 15 is 0 Å². The first kappa shape index (κ1) is 34.3. The molecule has 45 heavy (non-hydrogen) atoms. The molecule has 11 nitrogen and oxygen atoms in total. The highest BCUT2D eigenvalue weighted by Gasteiger charge is 2.27. The zero-order valence-electron chi connectivity index (χ0n) is 23.7. The summed E-state index contributed by atoms with van der Waals surface area (Å²) in [6.45, 7) is -4.00. The number of carbonyl (C=O) groups is 2. The molecule has 2 aromatic carbocycles. The molecule has 4 rings (SSSR count). The number of halogens is 4. The number of nitrogens with zero attached hydrogens (tertiary/aromatic N) is 2. The molecule has 1 heterocycles. The van der Waals surface area contributed by atoms with Crippen LogP contribution in [0.5, 0.6) is 11.5 Å². The van der Waals surface area contributed by atoms with Gasteiger partial charge in [-0.2, -0.15) is 13.5 Å². The van der Waals surface area contributed by atoms with Crippen LogP contribution in [0.3, 0.4) is 0 Å².